The van der Waals surface area contributed by atoms with Crippen molar-refractivity contribution in [3.63, 3.8) is 0 Å². The number of carbonyl (C=O) groups excluding carboxylic acids is 2. The molecule has 1 aromatic rings. The van der Waals surface area contributed by atoms with E-state index < -0.39 is 5.54 Å². The molecule has 0 bridgehead atoms. The Morgan fingerprint density at radius 3 is 2.38 bits per heavy atom. The molecule has 5 nitrogen and oxygen atoms in total. The monoisotopic (exact) mass is 327 g/mol. The van der Waals surface area contributed by atoms with Gasteiger partial charge in [0.05, 0.1) is 0 Å². The number of likely N-dealkylation sites (tertiary alicyclic amines) is 2. The Labute approximate surface area is 143 Å². The summed E-state index contributed by atoms with van der Waals surface area (Å²) in [4.78, 5) is 34.7. The van der Waals surface area contributed by atoms with E-state index >= 15 is 0 Å². The van der Waals surface area contributed by atoms with E-state index in [1.165, 1.54) is 0 Å². The Kier molecular flexibility index (Phi) is 3.62. The molecule has 1 saturated carbocycles. The molecule has 3 heterocycles. The molecule has 0 N–H and O–H groups in total. The summed E-state index contributed by atoms with van der Waals surface area (Å²) in [6.07, 6.45) is 5.78. The number of aryl methyl sites for hydroxylation is 2. The van der Waals surface area contributed by atoms with E-state index in [-0.39, 0.29) is 11.8 Å². The van der Waals surface area contributed by atoms with Gasteiger partial charge in [0, 0.05) is 36.1 Å². The number of carbonyl (C=O) groups is 2. The van der Waals surface area contributed by atoms with Crippen LogP contribution in [0.2, 0.25) is 0 Å². The third kappa shape index (κ3) is 2.41. The first-order chi connectivity index (χ1) is 11.5. The number of rotatable bonds is 2. The molecule has 24 heavy (non-hydrogen) atoms. The van der Waals surface area contributed by atoms with Crippen molar-refractivity contribution in [3.8, 4) is 0 Å². The second kappa shape index (κ2) is 5.57. The molecule has 1 atom stereocenters. The Hall–Kier alpha value is -1.91. The van der Waals surface area contributed by atoms with Crippen LogP contribution in [0.5, 0.6) is 0 Å². The van der Waals surface area contributed by atoms with Crippen molar-refractivity contribution in [2.75, 3.05) is 13.1 Å². The minimum atomic E-state index is -0.594. The van der Waals surface area contributed by atoms with Crippen LogP contribution in [0, 0.1) is 13.8 Å². The van der Waals surface area contributed by atoms with Gasteiger partial charge >= 0.3 is 0 Å². The highest BCUT2D eigenvalue weighted by molar-refractivity contribution is 6.00. The maximum Gasteiger partial charge on any atom is 0.254 e. The van der Waals surface area contributed by atoms with E-state index in [0.29, 0.717) is 18.2 Å². The molecule has 1 unspecified atom stereocenters. The van der Waals surface area contributed by atoms with Crippen molar-refractivity contribution in [1.82, 2.24) is 14.8 Å². The molecule has 2 amide bonds. The van der Waals surface area contributed by atoms with E-state index in [0.717, 1.165) is 56.5 Å². The summed E-state index contributed by atoms with van der Waals surface area (Å²) in [6, 6.07) is 4.11. The smallest absolute Gasteiger partial charge is 0.254 e. The zero-order chi connectivity index (χ0) is 16.9. The third-order valence-corrected chi connectivity index (χ3v) is 5.70. The van der Waals surface area contributed by atoms with Crippen LogP contribution in [-0.2, 0) is 4.79 Å². The summed E-state index contributed by atoms with van der Waals surface area (Å²) in [5.41, 5.74) is 1.77. The average molecular weight is 327 g/mol. The molecule has 2 aliphatic heterocycles. The van der Waals surface area contributed by atoms with Gasteiger partial charge in [0.25, 0.3) is 5.91 Å². The number of hydrogen-bond donors (Lipinski definition) is 0. The molecule has 4 rings (SSSR count). The predicted molar refractivity (Wildman–Crippen MR) is 90.7 cm³/mol. The van der Waals surface area contributed by atoms with Crippen molar-refractivity contribution >= 4 is 11.8 Å². The molecular formula is C19H25N3O2. The van der Waals surface area contributed by atoms with Gasteiger partial charge in [-0.25, -0.2) is 0 Å². The van der Waals surface area contributed by atoms with Crippen LogP contribution in [-0.4, -0.2) is 51.3 Å². The fourth-order valence-corrected chi connectivity index (χ4v) is 4.52. The molecule has 0 radical (unpaired) electrons. The lowest BCUT2D eigenvalue weighted by atomic mass is 9.85. The zero-order valence-electron chi connectivity index (χ0n) is 14.5. The quantitative estimate of drug-likeness (QED) is 0.838. The molecular weight excluding hydrogens is 302 g/mol. The Bertz CT molecular complexity index is 678. The van der Waals surface area contributed by atoms with Gasteiger partial charge < -0.3 is 9.80 Å². The fraction of sp³-hybridized carbons (Fsp3) is 0.632. The van der Waals surface area contributed by atoms with Gasteiger partial charge in [-0.3, -0.25) is 14.6 Å². The highest BCUT2D eigenvalue weighted by Crippen LogP contribution is 2.42. The third-order valence-electron chi connectivity index (χ3n) is 5.70. The molecule has 1 aliphatic carbocycles. The first kappa shape index (κ1) is 15.6. The van der Waals surface area contributed by atoms with E-state index in [9.17, 15) is 9.59 Å². The summed E-state index contributed by atoms with van der Waals surface area (Å²) in [7, 11) is 0. The summed E-state index contributed by atoms with van der Waals surface area (Å²) < 4.78 is 0. The summed E-state index contributed by atoms with van der Waals surface area (Å²) in [5.74, 6) is 0.191. The van der Waals surface area contributed by atoms with Crippen LogP contribution in [0.1, 0.15) is 60.3 Å². The minimum absolute atomic E-state index is 0.00732. The number of amides is 2. The van der Waals surface area contributed by atoms with Gasteiger partial charge in [0.1, 0.15) is 5.54 Å². The molecule has 2 saturated heterocycles. The molecule has 1 spiro atoms. The van der Waals surface area contributed by atoms with Gasteiger partial charge in [-0.05, 0) is 64.5 Å². The highest BCUT2D eigenvalue weighted by Gasteiger charge is 2.54. The first-order valence-corrected chi connectivity index (χ1v) is 9.10. The van der Waals surface area contributed by atoms with Crippen LogP contribution in [0.3, 0.4) is 0 Å². The summed E-state index contributed by atoms with van der Waals surface area (Å²) in [5, 5.41) is 0. The normalized spacial score (nSPS) is 27.2. The van der Waals surface area contributed by atoms with E-state index in [1.54, 1.807) is 0 Å². The van der Waals surface area contributed by atoms with Gasteiger partial charge in [0.2, 0.25) is 5.91 Å². The molecule has 0 aromatic carbocycles. The summed E-state index contributed by atoms with van der Waals surface area (Å²) in [6.45, 7) is 5.36. The Morgan fingerprint density at radius 2 is 1.75 bits per heavy atom. The SMILES string of the molecule is Cc1cc(C(=O)N2CCCC23CCCN(C2CC2)C3=O)cc(C)n1. The lowest BCUT2D eigenvalue weighted by molar-refractivity contribution is -0.146. The van der Waals surface area contributed by atoms with Crippen molar-refractivity contribution in [3.05, 3.63) is 29.1 Å². The van der Waals surface area contributed by atoms with Crippen molar-refractivity contribution in [1.29, 1.82) is 0 Å². The van der Waals surface area contributed by atoms with Crippen LogP contribution in [0.4, 0.5) is 0 Å². The van der Waals surface area contributed by atoms with Gasteiger partial charge in [-0.1, -0.05) is 0 Å². The first-order valence-electron chi connectivity index (χ1n) is 9.10. The number of hydrogen-bond acceptors (Lipinski definition) is 3. The van der Waals surface area contributed by atoms with Crippen molar-refractivity contribution < 1.29 is 9.59 Å². The largest absolute Gasteiger partial charge is 0.338 e. The standard InChI is InChI=1S/C19H25N3O2/c1-13-11-15(12-14(2)20-13)17(23)22-10-4-8-19(22)7-3-9-21(18(19)24)16-5-6-16/h11-12,16H,3-10H2,1-2H3. The van der Waals surface area contributed by atoms with Crippen molar-refractivity contribution in [2.24, 2.45) is 0 Å². The molecule has 1 aromatic heterocycles. The zero-order valence-corrected chi connectivity index (χ0v) is 14.5. The second-order valence-electron chi connectivity index (χ2n) is 7.56. The van der Waals surface area contributed by atoms with Crippen LogP contribution in [0.15, 0.2) is 12.1 Å². The second-order valence-corrected chi connectivity index (χ2v) is 7.56. The number of aromatic nitrogens is 1. The molecule has 128 valence electrons. The van der Waals surface area contributed by atoms with Crippen molar-refractivity contribution in [2.45, 2.75) is 64.0 Å². The lowest BCUT2D eigenvalue weighted by Gasteiger charge is -2.44. The Balaban J connectivity index is 1.66. The highest BCUT2D eigenvalue weighted by atomic mass is 16.2. The van der Waals surface area contributed by atoms with Crippen LogP contribution < -0.4 is 0 Å². The van der Waals surface area contributed by atoms with Gasteiger partial charge in [0.15, 0.2) is 0 Å². The van der Waals surface area contributed by atoms with Crippen LogP contribution >= 0.6 is 0 Å². The molecule has 3 fully saturated rings. The average Bonchev–Trinajstić information content (AvgIpc) is 3.29. The number of pyridine rings is 1. The van der Waals surface area contributed by atoms with Crippen LogP contribution in [0.25, 0.3) is 0 Å². The Morgan fingerprint density at radius 1 is 1.12 bits per heavy atom. The maximum absolute atomic E-state index is 13.2. The van der Waals surface area contributed by atoms with E-state index in [4.69, 9.17) is 0 Å². The van der Waals surface area contributed by atoms with Gasteiger partial charge in [-0.15, -0.1) is 0 Å². The van der Waals surface area contributed by atoms with E-state index in [2.05, 4.69) is 9.88 Å². The predicted octanol–water partition coefficient (Wildman–Crippen LogP) is 2.46. The minimum Gasteiger partial charge on any atom is -0.338 e. The maximum atomic E-state index is 13.2. The van der Waals surface area contributed by atoms with Gasteiger partial charge in [-0.2, -0.15) is 0 Å². The lowest BCUT2D eigenvalue weighted by Crippen LogP contribution is -2.61. The topological polar surface area (TPSA) is 53.5 Å². The summed E-state index contributed by atoms with van der Waals surface area (Å²) >= 11 is 0. The number of nitrogens with zero attached hydrogens (tertiary/aromatic N) is 3. The number of piperidine rings is 1. The molecule has 3 aliphatic rings. The molecule has 5 heteroatoms. The van der Waals surface area contributed by atoms with E-state index in [1.807, 2.05) is 30.9 Å². The fourth-order valence-electron chi connectivity index (χ4n) is 4.52.